The van der Waals surface area contributed by atoms with E-state index in [1.54, 1.807) is 0 Å². The molecule has 20 heavy (non-hydrogen) atoms. The molecule has 0 bridgehead atoms. The fourth-order valence-corrected chi connectivity index (χ4v) is 2.14. The molecule has 0 amide bonds. The number of nitrogens with one attached hydrogen (secondary N) is 1. The van der Waals surface area contributed by atoms with Crippen molar-refractivity contribution in [1.29, 1.82) is 0 Å². The van der Waals surface area contributed by atoms with Crippen molar-refractivity contribution in [2.45, 2.75) is 53.7 Å². The molecule has 1 heterocycles. The Bertz CT molecular complexity index is 366. The van der Waals surface area contributed by atoms with Gasteiger partial charge >= 0.3 is 0 Å². The molecule has 0 saturated carbocycles. The highest BCUT2D eigenvalue weighted by atomic mass is 16.5. The molecule has 114 valence electrons. The summed E-state index contributed by atoms with van der Waals surface area (Å²) in [6.45, 7) is 12.2. The average Bonchev–Trinajstić information content (AvgIpc) is 2.39. The number of rotatable bonds is 10. The van der Waals surface area contributed by atoms with Crippen LogP contribution in [0.5, 0.6) is 0 Å². The normalized spacial score (nSPS) is 12.8. The quantitative estimate of drug-likeness (QED) is 0.707. The first kappa shape index (κ1) is 17.1. The van der Waals surface area contributed by atoms with E-state index in [1.807, 2.05) is 6.07 Å². The summed E-state index contributed by atoms with van der Waals surface area (Å²) in [5.74, 6) is 1.30. The number of aromatic nitrogens is 1. The average molecular weight is 278 g/mol. The minimum Gasteiger partial charge on any atom is -0.375 e. The molecule has 0 radical (unpaired) electrons. The molecule has 0 fully saturated rings. The highest BCUT2D eigenvalue weighted by Crippen LogP contribution is 2.07. The van der Waals surface area contributed by atoms with E-state index in [4.69, 9.17) is 4.74 Å². The number of ether oxygens (including phenoxy) is 1. The molecule has 3 heteroatoms. The Kier molecular flexibility index (Phi) is 8.47. The Labute approximate surface area is 124 Å². The van der Waals surface area contributed by atoms with E-state index < -0.39 is 0 Å². The van der Waals surface area contributed by atoms with E-state index in [0.29, 0.717) is 18.4 Å². The maximum Gasteiger partial charge on any atom is 0.0888 e. The molecule has 1 aromatic heterocycles. The Hall–Kier alpha value is -0.930. The summed E-state index contributed by atoms with van der Waals surface area (Å²) in [6, 6.07) is 6.17. The van der Waals surface area contributed by atoms with Gasteiger partial charge in [0.2, 0.25) is 0 Å². The number of hydrogen-bond acceptors (Lipinski definition) is 3. The van der Waals surface area contributed by atoms with E-state index in [1.165, 1.54) is 12.8 Å². The van der Waals surface area contributed by atoms with E-state index >= 15 is 0 Å². The molecule has 0 spiro atoms. The second kappa shape index (κ2) is 9.89. The third-order valence-electron chi connectivity index (χ3n) is 3.16. The smallest absolute Gasteiger partial charge is 0.0888 e. The van der Waals surface area contributed by atoms with E-state index in [0.717, 1.165) is 31.1 Å². The largest absolute Gasteiger partial charge is 0.375 e. The molecule has 1 aromatic rings. The third-order valence-corrected chi connectivity index (χ3v) is 3.16. The molecule has 0 aromatic carbocycles. The lowest BCUT2D eigenvalue weighted by Crippen LogP contribution is -2.19. The summed E-state index contributed by atoms with van der Waals surface area (Å²) in [5, 5.41) is 3.42. The van der Waals surface area contributed by atoms with Gasteiger partial charge in [0, 0.05) is 13.2 Å². The highest BCUT2D eigenvalue weighted by Gasteiger charge is 2.03. The van der Waals surface area contributed by atoms with Crippen molar-refractivity contribution in [2.24, 2.45) is 11.8 Å². The first-order valence-corrected chi connectivity index (χ1v) is 7.85. The maximum atomic E-state index is 5.75. The van der Waals surface area contributed by atoms with Crippen molar-refractivity contribution in [3.63, 3.8) is 0 Å². The van der Waals surface area contributed by atoms with Crippen LogP contribution in [0, 0.1) is 11.8 Å². The van der Waals surface area contributed by atoms with Crippen LogP contribution in [0.2, 0.25) is 0 Å². The lowest BCUT2D eigenvalue weighted by Gasteiger charge is -2.11. The monoisotopic (exact) mass is 278 g/mol. The maximum absolute atomic E-state index is 5.75. The topological polar surface area (TPSA) is 34.1 Å². The predicted octanol–water partition coefficient (Wildman–Crippen LogP) is 3.78. The van der Waals surface area contributed by atoms with Crippen molar-refractivity contribution >= 4 is 0 Å². The van der Waals surface area contributed by atoms with Gasteiger partial charge in [-0.05, 0) is 36.9 Å². The van der Waals surface area contributed by atoms with E-state index in [2.05, 4.69) is 50.1 Å². The van der Waals surface area contributed by atoms with Gasteiger partial charge in [0.1, 0.15) is 0 Å². The van der Waals surface area contributed by atoms with Crippen LogP contribution in [0.25, 0.3) is 0 Å². The summed E-state index contributed by atoms with van der Waals surface area (Å²) in [5.41, 5.74) is 2.12. The van der Waals surface area contributed by atoms with Gasteiger partial charge in [0.15, 0.2) is 0 Å². The van der Waals surface area contributed by atoms with Gasteiger partial charge in [-0.15, -0.1) is 0 Å². The molecule has 3 nitrogen and oxygen atoms in total. The molecule has 0 aliphatic rings. The second-order valence-electron chi connectivity index (χ2n) is 6.05. The standard InChI is InChI=1S/C17H30N2O/c1-5-7-15(4)12-20-13-17-9-6-8-16(19-17)11-18-10-14(2)3/h6,8-9,14-15,18H,5,7,10-13H2,1-4H3. The van der Waals surface area contributed by atoms with Crippen LogP contribution in [0.4, 0.5) is 0 Å². The van der Waals surface area contributed by atoms with Gasteiger partial charge in [-0.25, -0.2) is 0 Å². The Balaban J connectivity index is 2.32. The minimum atomic E-state index is 0.617. The van der Waals surface area contributed by atoms with Crippen LogP contribution in [0.1, 0.15) is 51.9 Å². The van der Waals surface area contributed by atoms with Crippen molar-refractivity contribution in [2.75, 3.05) is 13.2 Å². The van der Waals surface area contributed by atoms with E-state index in [9.17, 15) is 0 Å². The molecule has 1 rings (SSSR count). The predicted molar refractivity (Wildman–Crippen MR) is 84.5 cm³/mol. The number of hydrogen-bond donors (Lipinski definition) is 1. The lowest BCUT2D eigenvalue weighted by molar-refractivity contribution is 0.0871. The molecule has 0 aliphatic carbocycles. The van der Waals surface area contributed by atoms with Crippen molar-refractivity contribution < 1.29 is 4.74 Å². The summed E-state index contributed by atoms with van der Waals surface area (Å²) < 4.78 is 5.75. The molecular formula is C17H30N2O. The van der Waals surface area contributed by atoms with Crippen LogP contribution in [0.3, 0.4) is 0 Å². The zero-order valence-electron chi connectivity index (χ0n) is 13.5. The molecule has 0 aliphatic heterocycles. The van der Waals surface area contributed by atoms with Gasteiger partial charge in [-0.2, -0.15) is 0 Å². The van der Waals surface area contributed by atoms with Gasteiger partial charge in [-0.3, -0.25) is 4.98 Å². The lowest BCUT2D eigenvalue weighted by atomic mass is 10.1. The Morgan fingerprint density at radius 1 is 1.20 bits per heavy atom. The van der Waals surface area contributed by atoms with Crippen LogP contribution in [0.15, 0.2) is 18.2 Å². The van der Waals surface area contributed by atoms with Crippen molar-refractivity contribution in [1.82, 2.24) is 10.3 Å². The van der Waals surface area contributed by atoms with Crippen molar-refractivity contribution in [3.05, 3.63) is 29.6 Å². The fraction of sp³-hybridized carbons (Fsp3) is 0.706. The zero-order chi connectivity index (χ0) is 14.8. The minimum absolute atomic E-state index is 0.617. The summed E-state index contributed by atoms with van der Waals surface area (Å²) in [6.07, 6.45) is 2.45. The zero-order valence-corrected chi connectivity index (χ0v) is 13.5. The van der Waals surface area contributed by atoms with Crippen LogP contribution >= 0.6 is 0 Å². The molecule has 1 atom stereocenters. The SMILES string of the molecule is CCCC(C)COCc1cccc(CNCC(C)C)n1. The Morgan fingerprint density at radius 3 is 2.65 bits per heavy atom. The first-order chi connectivity index (χ1) is 9.61. The summed E-state index contributed by atoms with van der Waals surface area (Å²) in [7, 11) is 0. The summed E-state index contributed by atoms with van der Waals surface area (Å²) in [4.78, 5) is 4.62. The molecule has 1 N–H and O–H groups in total. The van der Waals surface area contributed by atoms with Crippen LogP contribution < -0.4 is 5.32 Å². The molecule has 1 unspecified atom stereocenters. The van der Waals surface area contributed by atoms with Crippen LogP contribution in [-0.4, -0.2) is 18.1 Å². The first-order valence-electron chi connectivity index (χ1n) is 7.85. The van der Waals surface area contributed by atoms with E-state index in [-0.39, 0.29) is 0 Å². The fourth-order valence-electron chi connectivity index (χ4n) is 2.14. The third kappa shape index (κ3) is 7.61. The van der Waals surface area contributed by atoms with Crippen LogP contribution in [-0.2, 0) is 17.9 Å². The van der Waals surface area contributed by atoms with Gasteiger partial charge in [-0.1, -0.05) is 40.2 Å². The second-order valence-corrected chi connectivity index (χ2v) is 6.05. The summed E-state index contributed by atoms with van der Waals surface area (Å²) >= 11 is 0. The van der Waals surface area contributed by atoms with Gasteiger partial charge in [0.25, 0.3) is 0 Å². The molecular weight excluding hydrogens is 248 g/mol. The Morgan fingerprint density at radius 2 is 1.95 bits per heavy atom. The number of nitrogens with zero attached hydrogens (tertiary/aromatic N) is 1. The van der Waals surface area contributed by atoms with Gasteiger partial charge < -0.3 is 10.1 Å². The van der Waals surface area contributed by atoms with Crippen molar-refractivity contribution in [3.8, 4) is 0 Å². The highest BCUT2D eigenvalue weighted by molar-refractivity contribution is 5.10. The number of pyridine rings is 1. The van der Waals surface area contributed by atoms with Gasteiger partial charge in [0.05, 0.1) is 18.0 Å². The molecule has 0 saturated heterocycles.